The molecule has 0 aromatic heterocycles. The Morgan fingerprint density at radius 3 is 2.56 bits per heavy atom. The van der Waals surface area contributed by atoms with Crippen molar-refractivity contribution in [3.05, 3.63) is 63.5 Å². The Balaban J connectivity index is 2.00. The number of aliphatic imine (C=N–C) groups is 1. The van der Waals surface area contributed by atoms with Gasteiger partial charge >= 0.3 is 5.97 Å². The fraction of sp³-hybridized carbons (Fsp3) is 0.111. The molecular weight excluding hydrogens is 393 g/mol. The summed E-state index contributed by atoms with van der Waals surface area (Å²) in [6, 6.07) is 9.12. The number of carbonyl (C=O) groups excluding carboxylic acids is 1. The predicted molar refractivity (Wildman–Crippen MR) is 94.3 cm³/mol. The Kier molecular flexibility index (Phi) is 4.85. The molecule has 0 bridgehead atoms. The smallest absolute Gasteiger partial charge is 0.363 e. The number of halogens is 2. The molecule has 0 N–H and O–H groups in total. The number of cyclic esters (lactones) is 1. The van der Waals surface area contributed by atoms with Crippen molar-refractivity contribution < 1.29 is 23.4 Å². The highest BCUT2D eigenvalue weighted by Crippen LogP contribution is 2.35. The molecule has 0 atom stereocenters. The summed E-state index contributed by atoms with van der Waals surface area (Å²) in [6.45, 7) is 0. The summed E-state index contributed by atoms with van der Waals surface area (Å²) in [5.41, 5.74) is 1.16. The third-order valence-corrected chi connectivity index (χ3v) is 4.17. The molecule has 0 radical (unpaired) electrons. The van der Waals surface area contributed by atoms with Crippen LogP contribution in [0.5, 0.6) is 11.5 Å². The van der Waals surface area contributed by atoms with E-state index in [0.717, 1.165) is 0 Å². The van der Waals surface area contributed by atoms with E-state index in [4.69, 9.17) is 14.2 Å². The number of rotatable bonds is 4. The second-order valence-corrected chi connectivity index (χ2v) is 5.93. The summed E-state index contributed by atoms with van der Waals surface area (Å²) in [5, 5.41) is 0. The highest BCUT2D eigenvalue weighted by Gasteiger charge is 2.25. The zero-order chi connectivity index (χ0) is 18.0. The van der Waals surface area contributed by atoms with E-state index < -0.39 is 11.8 Å². The van der Waals surface area contributed by atoms with Gasteiger partial charge in [0.1, 0.15) is 5.82 Å². The number of methoxy groups -OCH3 is 2. The average molecular weight is 406 g/mol. The first-order valence-electron chi connectivity index (χ1n) is 7.22. The molecule has 0 unspecified atom stereocenters. The maximum atomic E-state index is 13.3. The van der Waals surface area contributed by atoms with Gasteiger partial charge in [0.05, 0.1) is 14.2 Å². The number of nitrogens with zero attached hydrogens (tertiary/aromatic N) is 1. The van der Waals surface area contributed by atoms with Crippen molar-refractivity contribution in [2.24, 2.45) is 4.99 Å². The van der Waals surface area contributed by atoms with Crippen LogP contribution in [0.2, 0.25) is 0 Å². The van der Waals surface area contributed by atoms with Crippen molar-refractivity contribution in [1.82, 2.24) is 0 Å². The number of carbonyl (C=O) groups is 1. The Labute approximate surface area is 151 Å². The lowest BCUT2D eigenvalue weighted by molar-refractivity contribution is -0.129. The molecule has 2 aromatic carbocycles. The van der Waals surface area contributed by atoms with Crippen LogP contribution in [0.3, 0.4) is 0 Å². The molecule has 1 heterocycles. The van der Waals surface area contributed by atoms with E-state index in [1.54, 1.807) is 24.3 Å². The van der Waals surface area contributed by atoms with Crippen molar-refractivity contribution in [3.63, 3.8) is 0 Å². The quantitative estimate of drug-likeness (QED) is 0.570. The molecule has 1 aliphatic heterocycles. The molecule has 0 amide bonds. The standard InChI is InChI=1S/C18H13BrFNO4/c1-23-15-8-11(13(19)9-16(15)24-2)7-14-18(22)25-17(21-14)10-4-3-5-12(20)6-10/h3-9H,1-2H3/b14-7-. The zero-order valence-corrected chi connectivity index (χ0v) is 15.0. The lowest BCUT2D eigenvalue weighted by Gasteiger charge is -2.09. The van der Waals surface area contributed by atoms with Crippen LogP contribution < -0.4 is 9.47 Å². The van der Waals surface area contributed by atoms with Gasteiger partial charge in [-0.2, -0.15) is 0 Å². The van der Waals surface area contributed by atoms with Gasteiger partial charge in [0.15, 0.2) is 17.2 Å². The fourth-order valence-electron chi connectivity index (χ4n) is 2.28. The van der Waals surface area contributed by atoms with Crippen LogP contribution in [0.4, 0.5) is 4.39 Å². The topological polar surface area (TPSA) is 57.1 Å². The van der Waals surface area contributed by atoms with E-state index >= 15 is 0 Å². The lowest BCUT2D eigenvalue weighted by Crippen LogP contribution is -2.05. The molecule has 128 valence electrons. The molecule has 0 saturated carbocycles. The van der Waals surface area contributed by atoms with E-state index in [0.29, 0.717) is 27.1 Å². The van der Waals surface area contributed by atoms with Crippen LogP contribution in [0.25, 0.3) is 6.08 Å². The van der Waals surface area contributed by atoms with Gasteiger partial charge in [0, 0.05) is 10.0 Å². The van der Waals surface area contributed by atoms with Crippen molar-refractivity contribution in [3.8, 4) is 11.5 Å². The summed E-state index contributed by atoms with van der Waals surface area (Å²) in [4.78, 5) is 16.2. The summed E-state index contributed by atoms with van der Waals surface area (Å²) in [5.74, 6) is 0.0809. The highest BCUT2D eigenvalue weighted by molar-refractivity contribution is 9.10. The highest BCUT2D eigenvalue weighted by atomic mass is 79.9. The lowest BCUT2D eigenvalue weighted by atomic mass is 10.1. The van der Waals surface area contributed by atoms with E-state index in [1.807, 2.05) is 0 Å². The van der Waals surface area contributed by atoms with Gasteiger partial charge in [0.2, 0.25) is 5.90 Å². The third-order valence-electron chi connectivity index (χ3n) is 3.49. The number of benzene rings is 2. The van der Waals surface area contributed by atoms with Gasteiger partial charge in [-0.05, 0) is 42.0 Å². The molecule has 1 aliphatic rings. The molecule has 25 heavy (non-hydrogen) atoms. The molecule has 0 fully saturated rings. The van der Waals surface area contributed by atoms with Crippen LogP contribution in [-0.2, 0) is 9.53 Å². The second-order valence-electron chi connectivity index (χ2n) is 5.08. The maximum Gasteiger partial charge on any atom is 0.363 e. The Hall–Kier alpha value is -2.67. The van der Waals surface area contributed by atoms with Crippen molar-refractivity contribution in [2.75, 3.05) is 14.2 Å². The van der Waals surface area contributed by atoms with Gasteiger partial charge in [-0.15, -0.1) is 0 Å². The summed E-state index contributed by atoms with van der Waals surface area (Å²) in [7, 11) is 3.05. The third kappa shape index (κ3) is 3.56. The monoisotopic (exact) mass is 405 g/mol. The van der Waals surface area contributed by atoms with E-state index in [-0.39, 0.29) is 11.6 Å². The van der Waals surface area contributed by atoms with Crippen molar-refractivity contribution in [2.45, 2.75) is 0 Å². The van der Waals surface area contributed by atoms with E-state index in [9.17, 15) is 9.18 Å². The SMILES string of the molecule is COc1cc(Br)c(/C=C2\N=C(c3cccc(F)c3)OC2=O)cc1OC. The van der Waals surface area contributed by atoms with Gasteiger partial charge < -0.3 is 14.2 Å². The number of hydrogen-bond donors (Lipinski definition) is 0. The predicted octanol–water partition coefficient (Wildman–Crippen LogP) is 3.95. The van der Waals surface area contributed by atoms with Gasteiger partial charge in [-0.3, -0.25) is 0 Å². The van der Waals surface area contributed by atoms with Crippen LogP contribution in [0.15, 0.2) is 51.6 Å². The van der Waals surface area contributed by atoms with Crippen LogP contribution in [-0.4, -0.2) is 26.1 Å². The fourth-order valence-corrected chi connectivity index (χ4v) is 2.72. The maximum absolute atomic E-state index is 13.3. The molecule has 0 aliphatic carbocycles. The molecule has 3 rings (SSSR count). The minimum atomic E-state index is -0.610. The van der Waals surface area contributed by atoms with E-state index in [1.165, 1.54) is 32.4 Å². The molecule has 7 heteroatoms. The minimum Gasteiger partial charge on any atom is -0.493 e. The molecule has 0 saturated heterocycles. The van der Waals surface area contributed by atoms with Crippen LogP contribution in [0, 0.1) is 5.82 Å². The Bertz CT molecular complexity index is 908. The molecular formula is C18H13BrFNO4. The molecule has 0 spiro atoms. The van der Waals surface area contributed by atoms with Gasteiger partial charge in [-0.25, -0.2) is 14.2 Å². The van der Waals surface area contributed by atoms with Gasteiger partial charge in [0.25, 0.3) is 0 Å². The van der Waals surface area contributed by atoms with Crippen LogP contribution >= 0.6 is 15.9 Å². The summed E-state index contributed by atoms with van der Waals surface area (Å²) >= 11 is 3.42. The largest absolute Gasteiger partial charge is 0.493 e. The zero-order valence-electron chi connectivity index (χ0n) is 13.4. The van der Waals surface area contributed by atoms with Crippen LogP contribution in [0.1, 0.15) is 11.1 Å². The van der Waals surface area contributed by atoms with E-state index in [2.05, 4.69) is 20.9 Å². The molecule has 5 nitrogen and oxygen atoms in total. The summed E-state index contributed by atoms with van der Waals surface area (Å²) < 4.78 is 29.6. The minimum absolute atomic E-state index is 0.0624. The summed E-state index contributed by atoms with van der Waals surface area (Å²) in [6.07, 6.45) is 1.56. The first-order chi connectivity index (χ1) is 12.0. The Morgan fingerprint density at radius 2 is 1.88 bits per heavy atom. The number of esters is 1. The Morgan fingerprint density at radius 1 is 1.16 bits per heavy atom. The van der Waals surface area contributed by atoms with Gasteiger partial charge in [-0.1, -0.05) is 22.0 Å². The van der Waals surface area contributed by atoms with Crippen molar-refractivity contribution in [1.29, 1.82) is 0 Å². The normalized spacial score (nSPS) is 15.1. The average Bonchev–Trinajstić information content (AvgIpc) is 2.97. The second kappa shape index (κ2) is 7.06. The van der Waals surface area contributed by atoms with Crippen molar-refractivity contribution >= 4 is 33.9 Å². The number of hydrogen-bond acceptors (Lipinski definition) is 5. The first-order valence-corrected chi connectivity index (χ1v) is 8.01. The first kappa shape index (κ1) is 17.2. The molecule has 2 aromatic rings. The number of ether oxygens (including phenoxy) is 3.